The molecule has 2 N–H and O–H groups in total. The number of aromatic nitrogens is 3. The molecule has 0 aliphatic heterocycles. The Morgan fingerprint density at radius 3 is 2.50 bits per heavy atom. The normalized spacial score (nSPS) is 13.9. The molecule has 2 rings (SSSR count). The Labute approximate surface area is 130 Å². The van der Waals surface area contributed by atoms with E-state index in [1.54, 1.807) is 11.0 Å². The van der Waals surface area contributed by atoms with Gasteiger partial charge in [-0.25, -0.2) is 9.67 Å². The Morgan fingerprint density at radius 2 is 1.95 bits per heavy atom. The van der Waals surface area contributed by atoms with Crippen molar-refractivity contribution < 1.29 is 9.90 Å². The molecular formula is C16H22N4O2. The van der Waals surface area contributed by atoms with Crippen LogP contribution in [0.25, 0.3) is 5.69 Å². The van der Waals surface area contributed by atoms with Crippen LogP contribution in [0.4, 0.5) is 0 Å². The number of benzene rings is 1. The Morgan fingerprint density at radius 1 is 1.27 bits per heavy atom. The van der Waals surface area contributed by atoms with Crippen molar-refractivity contribution in [2.24, 2.45) is 5.92 Å². The van der Waals surface area contributed by atoms with Gasteiger partial charge in [0.25, 0.3) is 0 Å². The lowest BCUT2D eigenvalue weighted by Crippen LogP contribution is -2.31. The van der Waals surface area contributed by atoms with Crippen molar-refractivity contribution in [2.45, 2.75) is 39.3 Å². The molecule has 0 fully saturated rings. The summed E-state index contributed by atoms with van der Waals surface area (Å²) in [6, 6.07) is 7.63. The van der Waals surface area contributed by atoms with Crippen LogP contribution in [0.15, 0.2) is 36.9 Å². The lowest BCUT2D eigenvalue weighted by molar-refractivity contribution is -0.124. The summed E-state index contributed by atoms with van der Waals surface area (Å²) in [7, 11) is 0. The fourth-order valence-corrected chi connectivity index (χ4v) is 2.07. The van der Waals surface area contributed by atoms with Crippen molar-refractivity contribution >= 4 is 5.91 Å². The Balaban J connectivity index is 1.95. The third-order valence-corrected chi connectivity index (χ3v) is 3.62. The second kappa shape index (κ2) is 7.17. The van der Waals surface area contributed by atoms with Crippen LogP contribution in [0.3, 0.4) is 0 Å². The molecule has 0 radical (unpaired) electrons. The smallest absolute Gasteiger partial charge is 0.223 e. The average Bonchev–Trinajstić information content (AvgIpc) is 3.01. The zero-order valence-electron chi connectivity index (χ0n) is 13.1. The molecule has 0 bridgehead atoms. The number of nitrogens with one attached hydrogen (secondary N) is 1. The highest BCUT2D eigenvalue weighted by molar-refractivity contribution is 5.76. The van der Waals surface area contributed by atoms with E-state index in [1.165, 1.54) is 6.33 Å². The fraction of sp³-hybridized carbons (Fsp3) is 0.438. The van der Waals surface area contributed by atoms with Gasteiger partial charge >= 0.3 is 0 Å². The minimum atomic E-state index is -0.609. The quantitative estimate of drug-likeness (QED) is 0.853. The number of aliphatic hydroxyl groups is 1. The second-order valence-corrected chi connectivity index (χ2v) is 5.74. The molecule has 22 heavy (non-hydrogen) atoms. The lowest BCUT2D eigenvalue weighted by Gasteiger charge is -2.18. The Bertz CT molecular complexity index is 593. The van der Waals surface area contributed by atoms with Crippen LogP contribution in [-0.2, 0) is 4.79 Å². The number of carbonyl (C=O) groups is 1. The van der Waals surface area contributed by atoms with Gasteiger partial charge in [0.05, 0.1) is 24.3 Å². The van der Waals surface area contributed by atoms with E-state index in [4.69, 9.17) is 0 Å². The number of rotatable bonds is 6. The van der Waals surface area contributed by atoms with E-state index < -0.39 is 6.10 Å². The Hall–Kier alpha value is -2.21. The molecule has 1 aromatic carbocycles. The van der Waals surface area contributed by atoms with E-state index in [9.17, 15) is 9.90 Å². The summed E-state index contributed by atoms with van der Waals surface area (Å²) in [6.07, 6.45) is 2.63. The first kappa shape index (κ1) is 16.2. The first-order valence-electron chi connectivity index (χ1n) is 7.39. The highest BCUT2D eigenvalue weighted by Gasteiger charge is 2.16. The van der Waals surface area contributed by atoms with Gasteiger partial charge in [-0.05, 0) is 30.5 Å². The number of amides is 1. The van der Waals surface area contributed by atoms with Crippen molar-refractivity contribution in [1.82, 2.24) is 20.1 Å². The van der Waals surface area contributed by atoms with Gasteiger partial charge in [-0.3, -0.25) is 4.79 Å². The summed E-state index contributed by atoms with van der Waals surface area (Å²) < 4.78 is 1.67. The molecule has 1 amide bonds. The molecule has 2 unspecified atom stereocenters. The number of hydrogen-bond donors (Lipinski definition) is 2. The molecule has 1 aromatic heterocycles. The van der Waals surface area contributed by atoms with Gasteiger partial charge in [-0.1, -0.05) is 26.0 Å². The van der Waals surface area contributed by atoms with Crippen molar-refractivity contribution in [2.75, 3.05) is 0 Å². The van der Waals surface area contributed by atoms with Gasteiger partial charge in [0.15, 0.2) is 0 Å². The predicted molar refractivity (Wildman–Crippen MR) is 83.4 cm³/mol. The number of carbonyl (C=O) groups excluding carboxylic acids is 1. The molecular weight excluding hydrogens is 280 g/mol. The van der Waals surface area contributed by atoms with Crippen molar-refractivity contribution in [1.29, 1.82) is 0 Å². The van der Waals surface area contributed by atoms with Crippen molar-refractivity contribution in [3.05, 3.63) is 42.5 Å². The maximum Gasteiger partial charge on any atom is 0.223 e. The zero-order chi connectivity index (χ0) is 16.1. The van der Waals surface area contributed by atoms with E-state index in [-0.39, 0.29) is 24.3 Å². The predicted octanol–water partition coefficient (Wildman–Crippen LogP) is 1.85. The van der Waals surface area contributed by atoms with Crippen LogP contribution in [0.5, 0.6) is 0 Å². The highest BCUT2D eigenvalue weighted by Crippen LogP contribution is 2.16. The van der Waals surface area contributed by atoms with Gasteiger partial charge in [0.1, 0.15) is 12.7 Å². The van der Waals surface area contributed by atoms with Gasteiger partial charge in [0, 0.05) is 0 Å². The van der Waals surface area contributed by atoms with Crippen molar-refractivity contribution in [3.63, 3.8) is 0 Å². The molecule has 0 aliphatic rings. The topological polar surface area (TPSA) is 80.0 Å². The fourth-order valence-electron chi connectivity index (χ4n) is 2.07. The molecule has 0 spiro atoms. The summed E-state index contributed by atoms with van der Waals surface area (Å²) in [5.74, 6) is -0.0722. The van der Waals surface area contributed by atoms with E-state index in [2.05, 4.69) is 15.4 Å². The van der Waals surface area contributed by atoms with Gasteiger partial charge in [0.2, 0.25) is 5.91 Å². The minimum Gasteiger partial charge on any atom is -0.392 e. The molecule has 0 aliphatic carbocycles. The zero-order valence-corrected chi connectivity index (χ0v) is 13.1. The highest BCUT2D eigenvalue weighted by atomic mass is 16.3. The number of nitrogens with zero attached hydrogens (tertiary/aromatic N) is 3. The van der Waals surface area contributed by atoms with Gasteiger partial charge in [-0.15, -0.1) is 0 Å². The molecule has 1 heterocycles. The lowest BCUT2D eigenvalue weighted by atomic mass is 10.0. The molecule has 6 nitrogen and oxygen atoms in total. The molecule has 2 aromatic rings. The van der Waals surface area contributed by atoms with Gasteiger partial charge < -0.3 is 10.4 Å². The first-order valence-corrected chi connectivity index (χ1v) is 7.39. The van der Waals surface area contributed by atoms with Crippen LogP contribution in [0.1, 0.15) is 38.8 Å². The van der Waals surface area contributed by atoms with E-state index in [0.717, 1.165) is 11.3 Å². The molecule has 2 atom stereocenters. The van der Waals surface area contributed by atoms with Crippen molar-refractivity contribution in [3.8, 4) is 5.69 Å². The van der Waals surface area contributed by atoms with Crippen LogP contribution in [-0.4, -0.2) is 31.9 Å². The SMILES string of the molecule is CC(NC(=O)CC(O)C(C)C)c1ccc(-n2cncn2)cc1. The molecule has 0 saturated carbocycles. The third kappa shape index (κ3) is 4.14. The van der Waals surface area contributed by atoms with E-state index in [1.807, 2.05) is 45.0 Å². The van der Waals surface area contributed by atoms with Gasteiger partial charge in [-0.2, -0.15) is 5.10 Å². The maximum absolute atomic E-state index is 11.9. The maximum atomic E-state index is 11.9. The summed E-state index contributed by atoms with van der Waals surface area (Å²) in [4.78, 5) is 15.8. The third-order valence-electron chi connectivity index (χ3n) is 3.62. The average molecular weight is 302 g/mol. The number of hydrogen-bond acceptors (Lipinski definition) is 4. The number of aliphatic hydroxyl groups excluding tert-OH is 1. The summed E-state index contributed by atoms with van der Waals surface area (Å²) in [5, 5.41) is 16.7. The first-order chi connectivity index (χ1) is 10.5. The second-order valence-electron chi connectivity index (χ2n) is 5.74. The Kier molecular flexibility index (Phi) is 5.27. The summed E-state index contributed by atoms with van der Waals surface area (Å²) in [6.45, 7) is 5.71. The monoisotopic (exact) mass is 302 g/mol. The van der Waals surface area contributed by atoms with Crippen LogP contribution in [0, 0.1) is 5.92 Å². The molecule has 6 heteroatoms. The standard InChI is InChI=1S/C16H22N4O2/c1-11(2)15(21)8-16(22)19-12(3)13-4-6-14(7-5-13)20-10-17-9-18-20/h4-7,9-12,15,21H,8H2,1-3H3,(H,19,22). The minimum absolute atomic E-state index is 0.0722. The molecule has 118 valence electrons. The summed E-state index contributed by atoms with van der Waals surface area (Å²) in [5.41, 5.74) is 1.91. The largest absolute Gasteiger partial charge is 0.392 e. The van der Waals surface area contributed by atoms with E-state index >= 15 is 0 Å². The summed E-state index contributed by atoms with van der Waals surface area (Å²) >= 11 is 0. The van der Waals surface area contributed by atoms with Crippen LogP contribution >= 0.6 is 0 Å². The van der Waals surface area contributed by atoms with Crippen LogP contribution < -0.4 is 5.32 Å². The molecule has 0 saturated heterocycles. The van der Waals surface area contributed by atoms with Crippen LogP contribution in [0.2, 0.25) is 0 Å². The van der Waals surface area contributed by atoms with E-state index in [0.29, 0.717) is 0 Å².